The third-order valence-electron chi connectivity index (χ3n) is 4.07. The van der Waals surface area contributed by atoms with Crippen molar-refractivity contribution in [2.45, 2.75) is 24.9 Å². The van der Waals surface area contributed by atoms with Gasteiger partial charge in [-0.25, -0.2) is 13.2 Å². The van der Waals surface area contributed by atoms with Crippen molar-refractivity contribution in [1.82, 2.24) is 15.5 Å². The fraction of sp³-hybridized carbons (Fsp3) is 0.706. The molecule has 196 valence electrons. The molecular weight excluding hydrogens is 523 g/mol. The minimum atomic E-state index is -4.09. The van der Waals surface area contributed by atoms with Crippen LogP contribution in [0, 0.1) is 0 Å². The Labute approximate surface area is 206 Å². The molecule has 0 heterocycles. The Kier molecular flexibility index (Phi) is 15.2. The molecule has 0 aromatic carbocycles. The zero-order chi connectivity index (χ0) is 26.3. The highest BCUT2D eigenvalue weighted by Crippen LogP contribution is 2.02. The smallest absolute Gasteiger partial charge is 0.409 e. The molecule has 0 aliphatic heterocycles. The molecule has 0 spiro atoms. The van der Waals surface area contributed by atoms with Crippen molar-refractivity contribution < 1.29 is 47.3 Å². The van der Waals surface area contributed by atoms with Gasteiger partial charge in [-0.2, -0.15) is 0 Å². The largest absolute Gasteiger partial charge is 0.480 e. The first-order valence-electron chi connectivity index (χ1n) is 9.84. The van der Waals surface area contributed by atoms with Gasteiger partial charge in [-0.05, 0) is 6.42 Å². The van der Waals surface area contributed by atoms with E-state index >= 15 is 0 Å². The van der Waals surface area contributed by atoms with Gasteiger partial charge in [0.25, 0.3) is 0 Å². The highest BCUT2D eigenvalue weighted by atomic mass is 35.5. The Morgan fingerprint density at radius 2 is 1.65 bits per heavy atom. The summed E-state index contributed by atoms with van der Waals surface area (Å²) in [5.41, 5.74) is 5.30. The van der Waals surface area contributed by atoms with Gasteiger partial charge in [0.15, 0.2) is 9.84 Å². The molecule has 0 bridgehead atoms. The maximum Gasteiger partial charge on any atom is 0.409 e. The normalized spacial score (nSPS) is 12.8. The van der Waals surface area contributed by atoms with Crippen LogP contribution in [0.4, 0.5) is 4.79 Å². The molecule has 2 atom stereocenters. The Morgan fingerprint density at radius 1 is 1.06 bits per heavy atom. The summed E-state index contributed by atoms with van der Waals surface area (Å²) < 4.78 is 29.8. The molecule has 0 fully saturated rings. The average molecular weight is 551 g/mol. The summed E-state index contributed by atoms with van der Waals surface area (Å²) in [6.07, 6.45) is -1.55. The van der Waals surface area contributed by atoms with Gasteiger partial charge >= 0.3 is 18.0 Å². The van der Waals surface area contributed by atoms with E-state index in [2.05, 4.69) is 5.32 Å². The predicted octanol–water partition coefficient (Wildman–Crippen LogP) is -1.80. The first-order chi connectivity index (χ1) is 15.8. The number of nitrogens with one attached hydrogen (secondary N) is 2. The first-order valence-corrected chi connectivity index (χ1v) is 12.7. The summed E-state index contributed by atoms with van der Waals surface area (Å²) in [6, 6.07) is -3.03. The van der Waals surface area contributed by atoms with Crippen LogP contribution in [0.2, 0.25) is 0 Å². The van der Waals surface area contributed by atoms with Crippen LogP contribution in [0.25, 0.3) is 0 Å². The van der Waals surface area contributed by atoms with Crippen LogP contribution in [0.5, 0.6) is 0 Å². The highest BCUT2D eigenvalue weighted by molar-refractivity contribution is 7.91. The van der Waals surface area contributed by atoms with Crippen molar-refractivity contribution in [2.24, 2.45) is 5.73 Å². The number of amides is 3. The number of nitrogens with zero attached hydrogens (tertiary/aromatic N) is 1. The van der Waals surface area contributed by atoms with Crippen LogP contribution >= 0.6 is 23.2 Å². The van der Waals surface area contributed by atoms with Gasteiger partial charge in [0.05, 0.1) is 11.5 Å². The van der Waals surface area contributed by atoms with Crippen LogP contribution in [0.15, 0.2) is 0 Å². The summed E-state index contributed by atoms with van der Waals surface area (Å²) >= 11 is 11.2. The molecule has 17 heteroatoms. The van der Waals surface area contributed by atoms with Gasteiger partial charge < -0.3 is 36.2 Å². The zero-order valence-electron chi connectivity index (χ0n) is 18.1. The number of sulfone groups is 1. The van der Waals surface area contributed by atoms with Gasteiger partial charge in [-0.15, -0.1) is 23.2 Å². The minimum Gasteiger partial charge on any atom is -0.480 e. The monoisotopic (exact) mass is 550 g/mol. The van der Waals surface area contributed by atoms with E-state index in [1.807, 2.05) is 5.32 Å². The Morgan fingerprint density at radius 3 is 2.15 bits per heavy atom. The number of carbonyl (C=O) groups is 5. The quantitative estimate of drug-likeness (QED) is 0.127. The minimum absolute atomic E-state index is 0.106. The molecule has 0 saturated heterocycles. The third kappa shape index (κ3) is 14.0. The Balaban J connectivity index is 5.09. The number of carboxylic acids is 2. The SMILES string of the molecule is N[C@@H](CCC(=O)N[C@@H](CS(=O)(=O)CCOC(=O)N(CCCl)CCCl)C(=O)NCC(=O)O)C(=O)O. The van der Waals surface area contributed by atoms with Crippen molar-refractivity contribution in [2.75, 3.05) is 49.5 Å². The number of hydrogen-bond donors (Lipinski definition) is 5. The number of halogens is 2. The number of nitrogens with two attached hydrogens (primary N) is 1. The van der Waals surface area contributed by atoms with E-state index in [1.54, 1.807) is 0 Å². The first kappa shape index (κ1) is 31.6. The van der Waals surface area contributed by atoms with Gasteiger partial charge in [0.1, 0.15) is 25.2 Å². The van der Waals surface area contributed by atoms with Gasteiger partial charge in [-0.3, -0.25) is 19.2 Å². The van der Waals surface area contributed by atoms with E-state index in [0.29, 0.717) is 0 Å². The molecule has 0 aromatic rings. The maximum absolute atomic E-state index is 12.4. The summed E-state index contributed by atoms with van der Waals surface area (Å²) in [5.74, 6) is -6.13. The lowest BCUT2D eigenvalue weighted by atomic mass is 10.1. The lowest BCUT2D eigenvalue weighted by molar-refractivity contribution is -0.139. The summed E-state index contributed by atoms with van der Waals surface area (Å²) in [4.78, 5) is 58.8. The molecule has 0 saturated carbocycles. The lowest BCUT2D eigenvalue weighted by Crippen LogP contribution is -2.51. The Bertz CT molecular complexity index is 821. The van der Waals surface area contributed by atoms with Crippen molar-refractivity contribution in [3.63, 3.8) is 0 Å². The molecule has 0 unspecified atom stereocenters. The van der Waals surface area contributed by atoms with Crippen LogP contribution in [0.1, 0.15) is 12.8 Å². The van der Waals surface area contributed by atoms with E-state index in [1.165, 1.54) is 4.90 Å². The van der Waals surface area contributed by atoms with Crippen LogP contribution in [0.3, 0.4) is 0 Å². The van der Waals surface area contributed by atoms with Crippen LogP contribution < -0.4 is 16.4 Å². The lowest BCUT2D eigenvalue weighted by Gasteiger charge is -2.20. The van der Waals surface area contributed by atoms with E-state index in [0.717, 1.165) is 0 Å². The molecule has 0 rings (SSSR count). The molecule has 0 aliphatic rings. The van der Waals surface area contributed by atoms with Gasteiger partial charge in [0, 0.05) is 31.3 Å². The van der Waals surface area contributed by atoms with E-state index in [-0.39, 0.29) is 31.3 Å². The van der Waals surface area contributed by atoms with E-state index in [9.17, 15) is 32.4 Å². The summed E-state index contributed by atoms with van der Waals surface area (Å²) in [6.45, 7) is -1.14. The summed E-state index contributed by atoms with van der Waals surface area (Å²) in [5, 5.41) is 21.5. The highest BCUT2D eigenvalue weighted by Gasteiger charge is 2.28. The number of alkyl halides is 2. The molecular formula is C17H28Cl2N4O10S. The van der Waals surface area contributed by atoms with E-state index < -0.39 is 82.8 Å². The molecule has 14 nitrogen and oxygen atoms in total. The topological polar surface area (TPSA) is 222 Å². The van der Waals surface area contributed by atoms with Crippen molar-refractivity contribution in [3.05, 3.63) is 0 Å². The third-order valence-corrected chi connectivity index (χ3v) is 6.04. The standard InChI is InChI=1S/C17H28Cl2N4O10S/c18-3-5-23(6-4-19)17(30)33-7-8-34(31,32)10-12(15(27)21-9-14(25)26)22-13(24)2-1-11(20)16(28)29/h11-12H,1-10,20H2,(H,21,27)(H,22,24)(H,25,26)(H,28,29)/t11-,12-/m0/s1. The molecule has 0 radical (unpaired) electrons. The maximum atomic E-state index is 12.4. The van der Waals surface area contributed by atoms with Crippen molar-refractivity contribution in [3.8, 4) is 0 Å². The second-order valence-corrected chi connectivity index (χ2v) is 9.79. The number of carboxylic acid groups (broad SMARTS) is 2. The molecule has 0 aromatic heterocycles. The average Bonchev–Trinajstić information content (AvgIpc) is 2.74. The Hall–Kier alpha value is -2.36. The van der Waals surface area contributed by atoms with E-state index in [4.69, 9.17) is 43.9 Å². The van der Waals surface area contributed by atoms with Gasteiger partial charge in [-0.1, -0.05) is 0 Å². The zero-order valence-corrected chi connectivity index (χ0v) is 20.4. The second-order valence-electron chi connectivity index (χ2n) is 6.81. The molecule has 0 aliphatic carbocycles. The van der Waals surface area contributed by atoms with Crippen molar-refractivity contribution in [1.29, 1.82) is 0 Å². The fourth-order valence-electron chi connectivity index (χ4n) is 2.33. The number of aliphatic carboxylic acids is 2. The number of ether oxygens (including phenoxy) is 1. The molecule has 3 amide bonds. The fourth-order valence-corrected chi connectivity index (χ4v) is 3.98. The van der Waals surface area contributed by atoms with Gasteiger partial charge in [0.2, 0.25) is 11.8 Å². The predicted molar refractivity (Wildman–Crippen MR) is 120 cm³/mol. The second kappa shape index (κ2) is 16.3. The summed E-state index contributed by atoms with van der Waals surface area (Å²) in [7, 11) is -4.09. The van der Waals surface area contributed by atoms with Crippen molar-refractivity contribution >= 4 is 62.9 Å². The number of rotatable bonds is 17. The number of hydrogen-bond acceptors (Lipinski definition) is 9. The van der Waals surface area contributed by atoms with Crippen LogP contribution in [-0.4, -0.2) is 115 Å². The molecule has 6 N–H and O–H groups in total. The van der Waals surface area contributed by atoms with Crippen LogP contribution in [-0.2, 0) is 33.8 Å². The molecule has 34 heavy (non-hydrogen) atoms. The number of carbonyl (C=O) groups excluding carboxylic acids is 3.